The summed E-state index contributed by atoms with van der Waals surface area (Å²) in [5, 5.41) is 25.5. The zero-order valence-electron chi connectivity index (χ0n) is 45.9. The van der Waals surface area contributed by atoms with Crippen molar-refractivity contribution in [1.82, 2.24) is 39.5 Å². The van der Waals surface area contributed by atoms with Crippen LogP contribution >= 0.6 is 23.2 Å². The Hall–Kier alpha value is -6.56. The van der Waals surface area contributed by atoms with Gasteiger partial charge in [0.1, 0.15) is 24.8 Å². The van der Waals surface area contributed by atoms with E-state index in [9.17, 15) is 10.5 Å². The predicted molar refractivity (Wildman–Crippen MR) is 312 cm³/mol. The fourth-order valence-electron chi connectivity index (χ4n) is 14.7. The molecule has 0 N–H and O–H groups in total. The van der Waals surface area contributed by atoms with Crippen molar-refractivity contribution in [1.29, 1.82) is 10.5 Å². The van der Waals surface area contributed by atoms with Crippen LogP contribution in [0.3, 0.4) is 0 Å². The molecule has 5 atom stereocenters. The summed E-state index contributed by atoms with van der Waals surface area (Å²) >= 11 is 14.2. The van der Waals surface area contributed by atoms with Gasteiger partial charge in [0, 0.05) is 98.7 Å². The summed E-state index contributed by atoms with van der Waals surface area (Å²) in [7, 11) is 6.43. The molecule has 79 heavy (non-hydrogen) atoms. The standard InChI is InChI=1S/C61H70Cl2N14O2/c1-39-28-43(32-76(39)38-65)72(4)58-48-19-26-74(53-14-6-11-40-10-5-13-49(62)55(40)53)33-51(48)66-59(68-58)78-35-44-29-41(30-70(44)2)45-16-17-50(63)56-46(45)12-7-15-54(56)75-27-20-47-52(34-75)67-60(79-36-61-21-8-23-77(61)24-9-22-61)69-57(47)71(3)42-18-25-73(31-42)37-64/h5-7,10-17,39,41-44H,8-9,18-36H2,1-4H3/t39-,41?,42-,43-,44+/m1/s1. The number of rotatable bonds is 13. The van der Waals surface area contributed by atoms with Crippen LogP contribution in [0, 0.1) is 22.9 Å². The molecule has 0 bridgehead atoms. The highest BCUT2D eigenvalue weighted by Crippen LogP contribution is 2.45. The van der Waals surface area contributed by atoms with E-state index in [0.29, 0.717) is 51.4 Å². The van der Waals surface area contributed by atoms with Crippen LogP contribution in [-0.4, -0.2) is 156 Å². The van der Waals surface area contributed by atoms with Gasteiger partial charge < -0.3 is 38.9 Å². The smallest absolute Gasteiger partial charge is 0.318 e. The zero-order valence-corrected chi connectivity index (χ0v) is 47.4. The van der Waals surface area contributed by atoms with Crippen molar-refractivity contribution in [3.63, 3.8) is 0 Å². The highest BCUT2D eigenvalue weighted by Gasteiger charge is 2.45. The van der Waals surface area contributed by atoms with E-state index in [4.69, 9.17) is 52.6 Å². The Kier molecular flexibility index (Phi) is 13.9. The van der Waals surface area contributed by atoms with Gasteiger partial charge in [-0.05, 0) is 131 Å². The fourth-order valence-corrected chi connectivity index (χ4v) is 15.2. The number of nitriles is 2. The first-order chi connectivity index (χ1) is 38.4. The van der Waals surface area contributed by atoms with Crippen LogP contribution in [0.25, 0.3) is 21.5 Å². The van der Waals surface area contributed by atoms with Crippen molar-refractivity contribution < 1.29 is 9.47 Å². The van der Waals surface area contributed by atoms with E-state index in [1.807, 2.05) is 21.9 Å². The lowest BCUT2D eigenvalue weighted by Crippen LogP contribution is -2.43. The van der Waals surface area contributed by atoms with E-state index in [-0.39, 0.29) is 35.6 Å². The van der Waals surface area contributed by atoms with Crippen molar-refractivity contribution >= 4 is 67.8 Å². The molecule has 0 amide bonds. The quantitative estimate of drug-likeness (QED) is 0.101. The molecule has 9 heterocycles. The van der Waals surface area contributed by atoms with Gasteiger partial charge in [0.15, 0.2) is 12.4 Å². The van der Waals surface area contributed by atoms with Crippen LogP contribution in [0.1, 0.15) is 85.9 Å². The predicted octanol–water partition coefficient (Wildman–Crippen LogP) is 9.25. The molecule has 13 rings (SSSR count). The van der Waals surface area contributed by atoms with Gasteiger partial charge >= 0.3 is 12.0 Å². The molecule has 5 saturated heterocycles. The van der Waals surface area contributed by atoms with Crippen LogP contribution in [0.2, 0.25) is 10.0 Å². The molecule has 5 fully saturated rings. The molecule has 7 aliphatic heterocycles. The molecule has 16 nitrogen and oxygen atoms in total. The molecule has 2 aromatic heterocycles. The van der Waals surface area contributed by atoms with Gasteiger partial charge in [-0.2, -0.15) is 30.5 Å². The Morgan fingerprint density at radius 1 is 0.696 bits per heavy atom. The lowest BCUT2D eigenvalue weighted by Gasteiger charge is -2.35. The van der Waals surface area contributed by atoms with Crippen LogP contribution < -0.4 is 29.1 Å². The van der Waals surface area contributed by atoms with E-state index < -0.39 is 0 Å². The van der Waals surface area contributed by atoms with Crippen molar-refractivity contribution in [2.45, 2.75) is 113 Å². The normalized spacial score (nSPS) is 23.7. The second kappa shape index (κ2) is 21.2. The van der Waals surface area contributed by atoms with Crippen LogP contribution in [0.5, 0.6) is 12.0 Å². The number of hydrogen-bond donors (Lipinski definition) is 0. The average Bonchev–Trinajstić information content (AvgIpc) is 4.40. The van der Waals surface area contributed by atoms with Crippen molar-refractivity contribution in [3.8, 4) is 24.4 Å². The number of anilines is 4. The second-order valence-electron chi connectivity index (χ2n) is 23.6. The van der Waals surface area contributed by atoms with Gasteiger partial charge in [-0.15, -0.1) is 0 Å². The highest BCUT2D eigenvalue weighted by atomic mass is 35.5. The number of hydrogen-bond acceptors (Lipinski definition) is 16. The van der Waals surface area contributed by atoms with Gasteiger partial charge in [0.2, 0.25) is 0 Å². The van der Waals surface area contributed by atoms with E-state index in [0.717, 1.165) is 156 Å². The topological polar surface area (TPSA) is 144 Å². The third kappa shape index (κ3) is 9.50. The van der Waals surface area contributed by atoms with Gasteiger partial charge in [-0.3, -0.25) is 9.80 Å². The molecule has 0 aliphatic carbocycles. The Bertz CT molecular complexity index is 3390. The lowest BCUT2D eigenvalue weighted by molar-refractivity contribution is 0.107. The average molecular weight is 1100 g/mol. The van der Waals surface area contributed by atoms with Crippen LogP contribution in [-0.2, 0) is 25.9 Å². The Morgan fingerprint density at radius 3 is 2.01 bits per heavy atom. The molecule has 18 heteroatoms. The largest absolute Gasteiger partial charge is 0.462 e. The number of likely N-dealkylation sites (N-methyl/N-ethyl adjacent to an activating group) is 3. The highest BCUT2D eigenvalue weighted by molar-refractivity contribution is 6.37. The number of benzene rings is 4. The first kappa shape index (κ1) is 51.9. The maximum atomic E-state index is 9.91. The van der Waals surface area contributed by atoms with Gasteiger partial charge in [-0.25, -0.2) is 0 Å². The van der Waals surface area contributed by atoms with E-state index in [1.165, 1.54) is 23.8 Å². The molecular formula is C61H70Cl2N14O2. The van der Waals surface area contributed by atoms with Crippen molar-refractivity contribution in [2.24, 2.45) is 0 Å². The lowest BCUT2D eigenvalue weighted by atomic mass is 9.90. The first-order valence-electron chi connectivity index (χ1n) is 28.6. The summed E-state index contributed by atoms with van der Waals surface area (Å²) < 4.78 is 13.4. The molecule has 410 valence electrons. The third-order valence-corrected chi connectivity index (χ3v) is 19.8. The minimum absolute atomic E-state index is 0.0715. The van der Waals surface area contributed by atoms with E-state index >= 15 is 0 Å². The fraction of sp³-hybridized carbons (Fsp3) is 0.508. The zero-order chi connectivity index (χ0) is 54.1. The summed E-state index contributed by atoms with van der Waals surface area (Å²) in [5.41, 5.74) is 7.78. The minimum Gasteiger partial charge on any atom is -0.462 e. The number of likely N-dealkylation sites (tertiary alicyclic amines) is 3. The van der Waals surface area contributed by atoms with Crippen molar-refractivity contribution in [2.75, 3.05) is 106 Å². The monoisotopic (exact) mass is 1100 g/mol. The van der Waals surface area contributed by atoms with Gasteiger partial charge in [0.05, 0.1) is 52.1 Å². The minimum atomic E-state index is 0.0715. The molecular weight excluding hydrogens is 1030 g/mol. The maximum absolute atomic E-state index is 9.91. The molecule has 6 aromatic rings. The molecule has 1 unspecified atom stereocenters. The first-order valence-corrected chi connectivity index (χ1v) is 29.4. The summed E-state index contributed by atoms with van der Waals surface area (Å²) in [5.74, 6) is 2.05. The molecule has 4 aromatic carbocycles. The van der Waals surface area contributed by atoms with Crippen LogP contribution in [0.4, 0.5) is 23.0 Å². The number of nitrogens with zero attached hydrogens (tertiary/aromatic N) is 14. The Balaban J connectivity index is 0.756. The number of ether oxygens (including phenoxy) is 2. The molecule has 7 aliphatic rings. The SMILES string of the molecule is C[C@@H]1C[C@@H](N(C)c2nc(OC[C@@H]3CC(c4ccc(Cl)c5c(N6CCc7c(nc(OCC89CCCN8CCC9)nc7N(C)[C@@H]7CCN(C#N)C7)C6)cccc45)CN3C)nc3c2CCN(c2cccc4cccc(Cl)c24)C3)CN1C#N. The van der Waals surface area contributed by atoms with Crippen molar-refractivity contribution in [3.05, 3.63) is 105 Å². The van der Waals surface area contributed by atoms with E-state index in [1.54, 1.807) is 0 Å². The van der Waals surface area contributed by atoms with Gasteiger partial charge in [-0.1, -0.05) is 65.7 Å². The Morgan fingerprint density at radius 2 is 1.34 bits per heavy atom. The Labute approximate surface area is 474 Å². The summed E-state index contributed by atoms with van der Waals surface area (Å²) in [4.78, 5) is 38.9. The molecule has 0 spiro atoms. The maximum Gasteiger partial charge on any atom is 0.318 e. The molecule has 0 radical (unpaired) electrons. The van der Waals surface area contributed by atoms with Gasteiger partial charge in [0.25, 0.3) is 0 Å². The van der Waals surface area contributed by atoms with E-state index in [2.05, 4.69) is 124 Å². The number of fused-ring (bicyclic) bond motifs is 5. The van der Waals surface area contributed by atoms with Crippen LogP contribution in [0.15, 0.2) is 66.7 Å². The summed E-state index contributed by atoms with van der Waals surface area (Å²) in [6, 6.07) is 24.8. The molecule has 0 saturated carbocycles. The number of aromatic nitrogens is 4. The number of halogens is 2. The summed E-state index contributed by atoms with van der Waals surface area (Å²) in [6.07, 6.45) is 13.7. The summed E-state index contributed by atoms with van der Waals surface area (Å²) in [6.45, 7) is 11.2. The third-order valence-electron chi connectivity index (χ3n) is 19.1. The second-order valence-corrected chi connectivity index (χ2v) is 24.4.